The molecule has 0 aliphatic carbocycles. The van der Waals surface area contributed by atoms with E-state index >= 15 is 0 Å². The standard InChI is InChI=1S/C20H18ClFN4O4S/c1-11-7-14(31(28,29)26-9-12(10-26)20(27)30-2)4-5-15(11)17-18(21)25-19(24-17)16-6-3-13(22)8-23-16/h3-8,12H,9-10H2,1-2H3,(H,24,25). The van der Waals surface area contributed by atoms with Gasteiger partial charge in [-0.3, -0.25) is 4.79 Å². The van der Waals surface area contributed by atoms with Gasteiger partial charge >= 0.3 is 5.97 Å². The number of carbonyl (C=O) groups excluding carboxylic acids is 1. The van der Waals surface area contributed by atoms with Crippen molar-refractivity contribution in [3.05, 3.63) is 53.1 Å². The highest BCUT2D eigenvalue weighted by Crippen LogP contribution is 2.33. The minimum Gasteiger partial charge on any atom is -0.469 e. The van der Waals surface area contributed by atoms with Gasteiger partial charge in [0.05, 0.1) is 24.1 Å². The number of aromatic amines is 1. The number of H-pyrrole nitrogens is 1. The molecule has 0 atom stereocenters. The van der Waals surface area contributed by atoms with Crippen LogP contribution in [0.4, 0.5) is 4.39 Å². The van der Waals surface area contributed by atoms with Crippen LogP contribution in [0.1, 0.15) is 5.56 Å². The molecule has 8 nitrogen and oxygen atoms in total. The second-order valence-corrected chi connectivity index (χ2v) is 9.44. The van der Waals surface area contributed by atoms with Crippen LogP contribution in [0.5, 0.6) is 0 Å². The van der Waals surface area contributed by atoms with Gasteiger partial charge in [-0.05, 0) is 36.8 Å². The molecular weight excluding hydrogens is 447 g/mol. The van der Waals surface area contributed by atoms with Crippen molar-refractivity contribution in [1.82, 2.24) is 19.3 Å². The molecule has 162 valence electrons. The first-order chi connectivity index (χ1) is 14.7. The summed E-state index contributed by atoms with van der Waals surface area (Å²) in [7, 11) is -2.45. The van der Waals surface area contributed by atoms with Crippen LogP contribution in [0.3, 0.4) is 0 Å². The van der Waals surface area contributed by atoms with E-state index in [1.807, 2.05) is 0 Å². The second-order valence-electron chi connectivity index (χ2n) is 7.13. The van der Waals surface area contributed by atoms with Crippen molar-refractivity contribution in [2.75, 3.05) is 20.2 Å². The van der Waals surface area contributed by atoms with E-state index in [9.17, 15) is 17.6 Å². The van der Waals surface area contributed by atoms with Crippen LogP contribution in [0, 0.1) is 18.7 Å². The number of aryl methyl sites for hydroxylation is 1. The minimum atomic E-state index is -3.73. The fourth-order valence-corrected chi connectivity index (χ4v) is 5.18. The highest BCUT2D eigenvalue weighted by atomic mass is 35.5. The molecule has 0 amide bonds. The van der Waals surface area contributed by atoms with E-state index in [1.165, 1.54) is 35.7 Å². The number of methoxy groups -OCH3 is 1. The number of nitrogens with zero attached hydrogens (tertiary/aromatic N) is 3. The summed E-state index contributed by atoms with van der Waals surface area (Å²) in [6, 6.07) is 7.39. The number of benzene rings is 1. The van der Waals surface area contributed by atoms with Crippen molar-refractivity contribution in [3.63, 3.8) is 0 Å². The number of nitrogens with one attached hydrogen (secondary N) is 1. The van der Waals surface area contributed by atoms with E-state index in [1.54, 1.807) is 13.0 Å². The number of esters is 1. The molecule has 1 aliphatic heterocycles. The minimum absolute atomic E-state index is 0.0923. The van der Waals surface area contributed by atoms with Crippen LogP contribution in [-0.2, 0) is 19.6 Å². The van der Waals surface area contributed by atoms with Crippen LogP contribution >= 0.6 is 11.6 Å². The van der Waals surface area contributed by atoms with Gasteiger partial charge in [0.2, 0.25) is 10.0 Å². The zero-order chi connectivity index (χ0) is 22.3. The maximum Gasteiger partial charge on any atom is 0.311 e. The van der Waals surface area contributed by atoms with E-state index in [4.69, 9.17) is 11.6 Å². The van der Waals surface area contributed by atoms with Gasteiger partial charge in [0.1, 0.15) is 22.4 Å². The van der Waals surface area contributed by atoms with Crippen LogP contribution in [0.2, 0.25) is 5.15 Å². The smallest absolute Gasteiger partial charge is 0.311 e. The molecule has 3 aromatic rings. The zero-order valence-electron chi connectivity index (χ0n) is 16.6. The fraction of sp³-hybridized carbons (Fsp3) is 0.250. The quantitative estimate of drug-likeness (QED) is 0.582. The van der Waals surface area contributed by atoms with Gasteiger partial charge < -0.3 is 9.72 Å². The summed E-state index contributed by atoms with van der Waals surface area (Å²) in [5.41, 5.74) is 2.14. The summed E-state index contributed by atoms with van der Waals surface area (Å²) in [6.07, 6.45) is 1.08. The van der Waals surface area contributed by atoms with Crippen molar-refractivity contribution in [2.45, 2.75) is 11.8 Å². The summed E-state index contributed by atoms with van der Waals surface area (Å²) in [4.78, 5) is 23.0. The molecule has 1 N–H and O–H groups in total. The number of halogens is 2. The third kappa shape index (κ3) is 3.93. The zero-order valence-corrected chi connectivity index (χ0v) is 18.2. The van der Waals surface area contributed by atoms with Crippen molar-refractivity contribution in [3.8, 4) is 22.8 Å². The average molecular weight is 465 g/mol. The Morgan fingerprint density at radius 1 is 1.29 bits per heavy atom. The Morgan fingerprint density at radius 3 is 2.65 bits per heavy atom. The van der Waals surface area contributed by atoms with Gasteiger partial charge in [0, 0.05) is 18.7 Å². The van der Waals surface area contributed by atoms with Crippen molar-refractivity contribution >= 4 is 27.6 Å². The predicted octanol–water partition coefficient (Wildman–Crippen LogP) is 3.03. The molecule has 1 aromatic carbocycles. The number of ether oxygens (including phenoxy) is 1. The first kappa shape index (κ1) is 21.4. The molecule has 0 bridgehead atoms. The van der Waals surface area contributed by atoms with Crippen LogP contribution in [0.15, 0.2) is 41.4 Å². The Labute approximate surface area is 183 Å². The molecule has 0 radical (unpaired) electrons. The topological polar surface area (TPSA) is 105 Å². The normalized spacial score (nSPS) is 15.0. The number of carbonyl (C=O) groups is 1. The first-order valence-electron chi connectivity index (χ1n) is 9.27. The molecule has 4 rings (SSSR count). The lowest BCUT2D eigenvalue weighted by Crippen LogP contribution is -2.53. The molecular formula is C20H18ClFN4O4S. The molecule has 1 saturated heterocycles. The molecule has 1 fully saturated rings. The Bertz CT molecular complexity index is 1250. The molecule has 3 heterocycles. The van der Waals surface area contributed by atoms with Crippen LogP contribution in [0.25, 0.3) is 22.8 Å². The molecule has 0 spiro atoms. The number of hydrogen-bond donors (Lipinski definition) is 1. The maximum atomic E-state index is 13.1. The predicted molar refractivity (Wildman–Crippen MR) is 111 cm³/mol. The number of sulfonamides is 1. The van der Waals surface area contributed by atoms with Gasteiger partial charge in [-0.15, -0.1) is 0 Å². The Hall–Kier alpha value is -2.82. The Balaban J connectivity index is 1.60. The van der Waals surface area contributed by atoms with E-state index in [2.05, 4.69) is 19.7 Å². The summed E-state index contributed by atoms with van der Waals surface area (Å²) < 4.78 is 44.7. The third-order valence-electron chi connectivity index (χ3n) is 5.10. The first-order valence-corrected chi connectivity index (χ1v) is 11.1. The maximum absolute atomic E-state index is 13.1. The molecule has 31 heavy (non-hydrogen) atoms. The molecule has 2 aromatic heterocycles. The lowest BCUT2D eigenvalue weighted by atomic mass is 10.0. The number of imidazole rings is 1. The van der Waals surface area contributed by atoms with Gasteiger partial charge in [-0.1, -0.05) is 17.7 Å². The third-order valence-corrected chi connectivity index (χ3v) is 7.20. The van der Waals surface area contributed by atoms with Crippen molar-refractivity contribution in [1.29, 1.82) is 0 Å². The SMILES string of the molecule is COC(=O)C1CN(S(=O)(=O)c2ccc(-c3nc(-c4ccc(F)cn4)[nH]c3Cl)c(C)c2)C1. The van der Waals surface area contributed by atoms with Gasteiger partial charge in [0.15, 0.2) is 5.82 Å². The largest absolute Gasteiger partial charge is 0.469 e. The number of aromatic nitrogens is 3. The molecule has 0 unspecified atom stereocenters. The lowest BCUT2D eigenvalue weighted by molar-refractivity contribution is -0.149. The molecule has 0 saturated carbocycles. The number of pyridine rings is 1. The van der Waals surface area contributed by atoms with E-state index in [0.29, 0.717) is 28.3 Å². The van der Waals surface area contributed by atoms with E-state index < -0.39 is 27.7 Å². The average Bonchev–Trinajstić information content (AvgIpc) is 3.08. The summed E-state index contributed by atoms with van der Waals surface area (Å²) in [5.74, 6) is -0.959. The van der Waals surface area contributed by atoms with E-state index in [-0.39, 0.29) is 23.1 Å². The van der Waals surface area contributed by atoms with Gasteiger partial charge in [0.25, 0.3) is 0 Å². The van der Waals surface area contributed by atoms with Crippen LogP contribution < -0.4 is 0 Å². The number of rotatable bonds is 5. The van der Waals surface area contributed by atoms with Crippen molar-refractivity contribution in [2.24, 2.45) is 5.92 Å². The fourth-order valence-electron chi connectivity index (χ4n) is 3.33. The number of hydrogen-bond acceptors (Lipinski definition) is 6. The monoisotopic (exact) mass is 464 g/mol. The van der Waals surface area contributed by atoms with Crippen LogP contribution in [-0.4, -0.2) is 53.8 Å². The lowest BCUT2D eigenvalue weighted by Gasteiger charge is -2.36. The van der Waals surface area contributed by atoms with Gasteiger partial charge in [-0.2, -0.15) is 4.31 Å². The molecule has 11 heteroatoms. The van der Waals surface area contributed by atoms with Gasteiger partial charge in [-0.25, -0.2) is 22.8 Å². The summed E-state index contributed by atoms with van der Waals surface area (Å²) in [5, 5.41) is 0.253. The Morgan fingerprint density at radius 2 is 2.03 bits per heavy atom. The second kappa shape index (κ2) is 8.03. The molecule has 1 aliphatic rings. The highest BCUT2D eigenvalue weighted by molar-refractivity contribution is 7.89. The Kier molecular flexibility index (Phi) is 5.54. The summed E-state index contributed by atoms with van der Waals surface area (Å²) >= 11 is 6.31. The van der Waals surface area contributed by atoms with Crippen molar-refractivity contribution < 1.29 is 22.3 Å². The van der Waals surface area contributed by atoms with E-state index in [0.717, 1.165) is 6.20 Å². The summed E-state index contributed by atoms with van der Waals surface area (Å²) in [6.45, 7) is 1.94. The highest BCUT2D eigenvalue weighted by Gasteiger charge is 2.41.